The monoisotopic (exact) mass is 367 g/mol. The van der Waals surface area contributed by atoms with E-state index in [-0.39, 0.29) is 37.3 Å². The lowest BCUT2D eigenvalue weighted by molar-refractivity contribution is -0.0682. The van der Waals surface area contributed by atoms with Gasteiger partial charge in [-0.05, 0) is 29.8 Å². The molecule has 5 nitrogen and oxygen atoms in total. The van der Waals surface area contributed by atoms with Gasteiger partial charge >= 0.3 is 5.97 Å². The molecule has 0 bridgehead atoms. The van der Waals surface area contributed by atoms with Crippen LogP contribution in [-0.4, -0.2) is 36.4 Å². The van der Waals surface area contributed by atoms with Gasteiger partial charge in [-0.3, -0.25) is 0 Å². The largest absolute Gasteiger partial charge is 0.464 e. The molecule has 138 valence electrons. The van der Waals surface area contributed by atoms with Gasteiger partial charge in [0.05, 0.1) is 18.3 Å². The van der Waals surface area contributed by atoms with Gasteiger partial charge in [0.25, 0.3) is 0 Å². The fourth-order valence-electron chi connectivity index (χ4n) is 2.90. The molecule has 0 radical (unpaired) electrons. The zero-order valence-electron chi connectivity index (χ0n) is 13.9. The van der Waals surface area contributed by atoms with Gasteiger partial charge in [0, 0.05) is 26.1 Å². The molecule has 8 heteroatoms. The number of methoxy groups -OCH3 is 1. The van der Waals surface area contributed by atoms with E-state index >= 15 is 0 Å². The molecule has 1 aromatic heterocycles. The minimum Gasteiger partial charge on any atom is -0.464 e. The molecule has 0 unspecified atom stereocenters. The SMILES string of the molecule is COC(=O)c1ccc(F)c(-c2c(F)cc(C3(O)CCOCC3)cc2F)n1. The first-order valence-electron chi connectivity index (χ1n) is 7.90. The van der Waals surface area contributed by atoms with Crippen molar-refractivity contribution < 1.29 is 32.5 Å². The molecule has 1 N–H and O–H groups in total. The number of nitrogens with zero attached hydrogens (tertiary/aromatic N) is 1. The van der Waals surface area contributed by atoms with Gasteiger partial charge in [-0.2, -0.15) is 0 Å². The van der Waals surface area contributed by atoms with E-state index in [4.69, 9.17) is 4.74 Å². The van der Waals surface area contributed by atoms with Crippen LogP contribution >= 0.6 is 0 Å². The molecule has 1 aliphatic heterocycles. The Hall–Kier alpha value is -2.45. The number of halogens is 3. The quantitative estimate of drug-likeness (QED) is 0.845. The van der Waals surface area contributed by atoms with Crippen LogP contribution in [0.1, 0.15) is 28.9 Å². The number of aliphatic hydroxyl groups is 1. The Morgan fingerprint density at radius 3 is 2.35 bits per heavy atom. The minimum atomic E-state index is -1.42. The van der Waals surface area contributed by atoms with Crippen LogP contribution in [0.25, 0.3) is 11.3 Å². The van der Waals surface area contributed by atoms with Gasteiger partial charge in [0.1, 0.15) is 28.8 Å². The van der Waals surface area contributed by atoms with Gasteiger partial charge < -0.3 is 14.6 Å². The van der Waals surface area contributed by atoms with Crippen molar-refractivity contribution in [1.29, 1.82) is 0 Å². The minimum absolute atomic E-state index is 0.0454. The number of pyridine rings is 1. The Kier molecular flexibility index (Phi) is 4.97. The fraction of sp³-hybridized carbons (Fsp3) is 0.333. The topological polar surface area (TPSA) is 68.7 Å². The summed E-state index contributed by atoms with van der Waals surface area (Å²) >= 11 is 0. The highest BCUT2D eigenvalue weighted by Crippen LogP contribution is 2.36. The van der Waals surface area contributed by atoms with Gasteiger partial charge in [-0.15, -0.1) is 0 Å². The van der Waals surface area contributed by atoms with Crippen LogP contribution in [0.3, 0.4) is 0 Å². The predicted octanol–water partition coefficient (Wildman–Crippen LogP) is 2.95. The van der Waals surface area contributed by atoms with Gasteiger partial charge in [-0.25, -0.2) is 22.9 Å². The number of carbonyl (C=O) groups excluding carboxylic acids is 1. The number of hydrogen-bond acceptors (Lipinski definition) is 5. The third-order valence-electron chi connectivity index (χ3n) is 4.38. The average Bonchev–Trinajstić information content (AvgIpc) is 2.62. The summed E-state index contributed by atoms with van der Waals surface area (Å²) in [7, 11) is 1.11. The molecule has 0 amide bonds. The molecular weight excluding hydrogens is 351 g/mol. The number of ether oxygens (including phenoxy) is 2. The Morgan fingerprint density at radius 2 is 1.77 bits per heavy atom. The maximum atomic E-state index is 14.6. The van der Waals surface area contributed by atoms with E-state index in [0.29, 0.717) is 0 Å². The van der Waals surface area contributed by atoms with Crippen LogP contribution in [0.2, 0.25) is 0 Å². The summed E-state index contributed by atoms with van der Waals surface area (Å²) in [6.07, 6.45) is 0.380. The number of rotatable bonds is 3. The second-order valence-electron chi connectivity index (χ2n) is 5.98. The molecule has 26 heavy (non-hydrogen) atoms. The van der Waals surface area contributed by atoms with Crippen LogP contribution in [-0.2, 0) is 15.1 Å². The Bertz CT molecular complexity index is 827. The molecule has 0 spiro atoms. The second-order valence-corrected chi connectivity index (χ2v) is 5.98. The highest BCUT2D eigenvalue weighted by atomic mass is 19.1. The van der Waals surface area contributed by atoms with Crippen molar-refractivity contribution in [2.45, 2.75) is 18.4 Å². The van der Waals surface area contributed by atoms with Crippen LogP contribution < -0.4 is 0 Å². The fourth-order valence-corrected chi connectivity index (χ4v) is 2.90. The van der Waals surface area contributed by atoms with Crippen molar-refractivity contribution in [3.8, 4) is 11.3 Å². The van der Waals surface area contributed by atoms with Crippen LogP contribution in [0, 0.1) is 17.5 Å². The van der Waals surface area contributed by atoms with E-state index in [2.05, 4.69) is 9.72 Å². The molecule has 3 rings (SSSR count). The first-order valence-corrected chi connectivity index (χ1v) is 7.90. The Labute approximate surface area is 147 Å². The summed E-state index contributed by atoms with van der Waals surface area (Å²) < 4.78 is 53.0. The van der Waals surface area contributed by atoms with E-state index < -0.39 is 40.3 Å². The summed E-state index contributed by atoms with van der Waals surface area (Å²) in [4.78, 5) is 15.2. The Balaban J connectivity index is 2.08. The van der Waals surface area contributed by atoms with Crippen LogP contribution in [0.4, 0.5) is 13.2 Å². The summed E-state index contributed by atoms with van der Waals surface area (Å²) in [6, 6.07) is 3.85. The van der Waals surface area contributed by atoms with E-state index in [1.54, 1.807) is 0 Å². The number of aromatic nitrogens is 1. The van der Waals surface area contributed by atoms with E-state index in [0.717, 1.165) is 31.4 Å². The molecular formula is C18H16F3NO4. The summed E-state index contributed by atoms with van der Waals surface area (Å²) in [6.45, 7) is 0.525. The summed E-state index contributed by atoms with van der Waals surface area (Å²) in [5, 5.41) is 10.6. The van der Waals surface area contributed by atoms with Crippen molar-refractivity contribution in [2.24, 2.45) is 0 Å². The smallest absolute Gasteiger partial charge is 0.356 e. The molecule has 2 heterocycles. The maximum Gasteiger partial charge on any atom is 0.356 e. The molecule has 1 aliphatic rings. The zero-order valence-corrected chi connectivity index (χ0v) is 13.9. The molecule has 0 atom stereocenters. The van der Waals surface area contributed by atoms with Crippen molar-refractivity contribution >= 4 is 5.97 Å². The first-order chi connectivity index (χ1) is 12.4. The Morgan fingerprint density at radius 1 is 1.15 bits per heavy atom. The molecule has 1 aromatic carbocycles. The molecule has 0 aliphatic carbocycles. The van der Waals surface area contributed by atoms with Crippen LogP contribution in [0.15, 0.2) is 24.3 Å². The maximum absolute atomic E-state index is 14.6. The molecule has 1 saturated heterocycles. The lowest BCUT2D eigenvalue weighted by Gasteiger charge is -2.32. The third kappa shape index (κ3) is 3.30. The van der Waals surface area contributed by atoms with Crippen molar-refractivity contribution in [2.75, 3.05) is 20.3 Å². The van der Waals surface area contributed by atoms with Gasteiger partial charge in [-0.1, -0.05) is 0 Å². The third-order valence-corrected chi connectivity index (χ3v) is 4.38. The number of benzene rings is 1. The molecule has 1 fully saturated rings. The number of hydrogen-bond donors (Lipinski definition) is 1. The molecule has 0 saturated carbocycles. The van der Waals surface area contributed by atoms with Gasteiger partial charge in [0.15, 0.2) is 0 Å². The van der Waals surface area contributed by atoms with Gasteiger partial charge in [0.2, 0.25) is 0 Å². The van der Waals surface area contributed by atoms with E-state index in [1.807, 2.05) is 0 Å². The standard InChI is InChI=1S/C18H16F3NO4/c1-25-17(23)14-3-2-11(19)16(22-14)15-12(20)8-10(9-13(15)21)18(24)4-6-26-7-5-18/h2-3,8-9,24H,4-7H2,1H3. The van der Waals surface area contributed by atoms with Crippen molar-refractivity contribution in [3.05, 3.63) is 53.0 Å². The normalized spacial score (nSPS) is 16.3. The lowest BCUT2D eigenvalue weighted by Crippen LogP contribution is -2.33. The first kappa shape index (κ1) is 18.3. The van der Waals surface area contributed by atoms with Crippen LogP contribution in [0.5, 0.6) is 0 Å². The lowest BCUT2D eigenvalue weighted by atomic mass is 9.85. The summed E-state index contributed by atoms with van der Waals surface area (Å²) in [5.41, 5.74) is -3.02. The number of esters is 1. The summed E-state index contributed by atoms with van der Waals surface area (Å²) in [5.74, 6) is -4.03. The second kappa shape index (κ2) is 7.05. The number of carbonyl (C=O) groups is 1. The molecule has 2 aromatic rings. The predicted molar refractivity (Wildman–Crippen MR) is 84.8 cm³/mol. The van der Waals surface area contributed by atoms with E-state index in [9.17, 15) is 23.1 Å². The highest BCUT2D eigenvalue weighted by Gasteiger charge is 2.34. The highest BCUT2D eigenvalue weighted by molar-refractivity contribution is 5.87. The van der Waals surface area contributed by atoms with Crippen molar-refractivity contribution in [3.63, 3.8) is 0 Å². The van der Waals surface area contributed by atoms with E-state index in [1.165, 1.54) is 0 Å². The zero-order chi connectivity index (χ0) is 18.9. The van der Waals surface area contributed by atoms with Crippen molar-refractivity contribution in [1.82, 2.24) is 4.98 Å². The average molecular weight is 367 g/mol.